The van der Waals surface area contributed by atoms with Gasteiger partial charge < -0.3 is 15.5 Å². The first-order valence-corrected chi connectivity index (χ1v) is 4.62. The molecule has 0 aromatic carbocycles. The molecule has 0 aliphatic heterocycles. The van der Waals surface area contributed by atoms with Crippen LogP contribution in [-0.4, -0.2) is 35.0 Å². The normalized spacial score (nSPS) is 25.0. The van der Waals surface area contributed by atoms with Crippen LogP contribution in [0.5, 0.6) is 0 Å². The highest BCUT2D eigenvalue weighted by Gasteiger charge is 2.29. The molecule has 0 heterocycles. The molecule has 0 radical (unpaired) electrons. The second-order valence-corrected chi connectivity index (χ2v) is 4.16. The number of aliphatic hydroxyl groups is 2. The molecule has 72 valence electrons. The Balaban J connectivity index is 2.14. The molecule has 3 heteroatoms. The van der Waals surface area contributed by atoms with Crippen LogP contribution in [-0.2, 0) is 0 Å². The lowest BCUT2D eigenvalue weighted by atomic mass is 10.1. The fourth-order valence-electron chi connectivity index (χ4n) is 1.20. The molecule has 1 fully saturated rings. The SMILES string of the molecule is CC(NCC(C)(O)CO)C1CC1. The maximum Gasteiger partial charge on any atom is 0.0972 e. The van der Waals surface area contributed by atoms with Gasteiger partial charge in [0.25, 0.3) is 0 Å². The minimum absolute atomic E-state index is 0.183. The summed E-state index contributed by atoms with van der Waals surface area (Å²) in [5, 5.41) is 21.5. The average Bonchev–Trinajstić information content (AvgIpc) is 2.83. The molecule has 0 aromatic rings. The molecule has 0 amide bonds. The second kappa shape index (κ2) is 3.73. The second-order valence-electron chi connectivity index (χ2n) is 4.16. The van der Waals surface area contributed by atoms with E-state index in [-0.39, 0.29) is 6.61 Å². The highest BCUT2D eigenvalue weighted by molar-refractivity contribution is 4.85. The first-order chi connectivity index (χ1) is 5.55. The lowest BCUT2D eigenvalue weighted by Crippen LogP contribution is -2.44. The summed E-state index contributed by atoms with van der Waals surface area (Å²) < 4.78 is 0. The van der Waals surface area contributed by atoms with Crippen molar-refractivity contribution in [3.05, 3.63) is 0 Å². The van der Waals surface area contributed by atoms with Crippen molar-refractivity contribution in [2.75, 3.05) is 13.2 Å². The largest absolute Gasteiger partial charge is 0.393 e. The summed E-state index contributed by atoms with van der Waals surface area (Å²) in [5.74, 6) is 0.791. The van der Waals surface area contributed by atoms with E-state index in [9.17, 15) is 5.11 Å². The number of rotatable bonds is 5. The fraction of sp³-hybridized carbons (Fsp3) is 1.00. The lowest BCUT2D eigenvalue weighted by molar-refractivity contribution is 0.000666. The highest BCUT2D eigenvalue weighted by atomic mass is 16.3. The zero-order valence-electron chi connectivity index (χ0n) is 7.88. The Morgan fingerprint density at radius 1 is 1.58 bits per heavy atom. The Hall–Kier alpha value is -0.120. The van der Waals surface area contributed by atoms with Gasteiger partial charge in [-0.1, -0.05) is 0 Å². The molecule has 2 atom stereocenters. The van der Waals surface area contributed by atoms with Gasteiger partial charge in [0.15, 0.2) is 0 Å². The van der Waals surface area contributed by atoms with Gasteiger partial charge in [0, 0.05) is 12.6 Å². The summed E-state index contributed by atoms with van der Waals surface area (Å²) in [4.78, 5) is 0. The molecule has 1 saturated carbocycles. The smallest absolute Gasteiger partial charge is 0.0972 e. The summed E-state index contributed by atoms with van der Waals surface area (Å²) in [6.07, 6.45) is 2.60. The molecule has 1 aliphatic rings. The van der Waals surface area contributed by atoms with Crippen molar-refractivity contribution in [2.45, 2.75) is 38.3 Å². The standard InChI is InChI=1S/C9H19NO2/c1-7(8-3-4-8)10-5-9(2,12)6-11/h7-8,10-12H,3-6H2,1-2H3. The molecule has 2 unspecified atom stereocenters. The minimum atomic E-state index is -0.969. The van der Waals surface area contributed by atoms with E-state index in [2.05, 4.69) is 12.2 Å². The molecular weight excluding hydrogens is 154 g/mol. The van der Waals surface area contributed by atoms with Gasteiger partial charge in [0.1, 0.15) is 0 Å². The third-order valence-corrected chi connectivity index (χ3v) is 2.47. The van der Waals surface area contributed by atoms with E-state index in [1.54, 1.807) is 6.92 Å². The van der Waals surface area contributed by atoms with Gasteiger partial charge in [-0.15, -0.1) is 0 Å². The van der Waals surface area contributed by atoms with Crippen molar-refractivity contribution in [1.82, 2.24) is 5.32 Å². The van der Waals surface area contributed by atoms with Gasteiger partial charge in [-0.2, -0.15) is 0 Å². The molecule has 0 spiro atoms. The van der Waals surface area contributed by atoms with Gasteiger partial charge in [-0.3, -0.25) is 0 Å². The Labute approximate surface area is 73.8 Å². The predicted octanol–water partition coefficient (Wildman–Crippen LogP) is 0.118. The van der Waals surface area contributed by atoms with E-state index in [4.69, 9.17) is 5.11 Å². The van der Waals surface area contributed by atoms with Gasteiger partial charge in [-0.05, 0) is 32.6 Å². The summed E-state index contributed by atoms with van der Waals surface area (Å²) in [6, 6.07) is 0.475. The molecule has 12 heavy (non-hydrogen) atoms. The molecule has 1 aliphatic carbocycles. The predicted molar refractivity (Wildman–Crippen MR) is 47.9 cm³/mol. The first-order valence-electron chi connectivity index (χ1n) is 4.62. The molecule has 1 rings (SSSR count). The third kappa shape index (κ3) is 3.09. The Kier molecular flexibility index (Phi) is 3.09. The summed E-state index contributed by atoms with van der Waals surface area (Å²) in [6.45, 7) is 4.06. The molecule has 3 nitrogen and oxygen atoms in total. The van der Waals surface area contributed by atoms with Crippen LogP contribution in [0.3, 0.4) is 0 Å². The van der Waals surface area contributed by atoms with E-state index in [1.165, 1.54) is 12.8 Å². The van der Waals surface area contributed by atoms with Crippen LogP contribution < -0.4 is 5.32 Å². The maximum atomic E-state index is 9.46. The van der Waals surface area contributed by atoms with Crippen LogP contribution in [0.1, 0.15) is 26.7 Å². The van der Waals surface area contributed by atoms with Crippen molar-refractivity contribution >= 4 is 0 Å². The van der Waals surface area contributed by atoms with E-state index in [0.717, 1.165) is 5.92 Å². The molecule has 3 N–H and O–H groups in total. The Morgan fingerprint density at radius 3 is 2.58 bits per heavy atom. The van der Waals surface area contributed by atoms with Gasteiger partial charge >= 0.3 is 0 Å². The lowest BCUT2D eigenvalue weighted by Gasteiger charge is -2.23. The average molecular weight is 173 g/mol. The van der Waals surface area contributed by atoms with Crippen LogP contribution in [0.25, 0.3) is 0 Å². The van der Waals surface area contributed by atoms with Crippen molar-refractivity contribution in [2.24, 2.45) is 5.92 Å². The van der Waals surface area contributed by atoms with Gasteiger partial charge in [0.2, 0.25) is 0 Å². The summed E-state index contributed by atoms with van der Waals surface area (Å²) in [5.41, 5.74) is -0.969. The Morgan fingerprint density at radius 2 is 2.17 bits per heavy atom. The number of nitrogens with one attached hydrogen (secondary N) is 1. The maximum absolute atomic E-state index is 9.46. The topological polar surface area (TPSA) is 52.5 Å². The van der Waals surface area contributed by atoms with E-state index >= 15 is 0 Å². The van der Waals surface area contributed by atoms with Crippen LogP contribution in [0.4, 0.5) is 0 Å². The highest BCUT2D eigenvalue weighted by Crippen LogP contribution is 2.32. The van der Waals surface area contributed by atoms with Crippen molar-refractivity contribution in [3.63, 3.8) is 0 Å². The third-order valence-electron chi connectivity index (χ3n) is 2.47. The van der Waals surface area contributed by atoms with E-state index in [1.807, 2.05) is 0 Å². The van der Waals surface area contributed by atoms with Gasteiger partial charge in [-0.25, -0.2) is 0 Å². The number of hydrogen-bond acceptors (Lipinski definition) is 3. The molecule has 0 aromatic heterocycles. The fourth-order valence-corrected chi connectivity index (χ4v) is 1.20. The minimum Gasteiger partial charge on any atom is -0.393 e. The first kappa shape index (κ1) is 9.96. The van der Waals surface area contributed by atoms with Crippen LogP contribution in [0, 0.1) is 5.92 Å². The van der Waals surface area contributed by atoms with Crippen molar-refractivity contribution in [1.29, 1.82) is 0 Å². The van der Waals surface area contributed by atoms with Crippen molar-refractivity contribution in [3.8, 4) is 0 Å². The molecule has 0 saturated heterocycles. The zero-order valence-corrected chi connectivity index (χ0v) is 7.88. The molecular formula is C9H19NO2. The van der Waals surface area contributed by atoms with Crippen molar-refractivity contribution < 1.29 is 10.2 Å². The zero-order chi connectivity index (χ0) is 9.19. The quantitative estimate of drug-likeness (QED) is 0.553. The van der Waals surface area contributed by atoms with Crippen LogP contribution in [0.15, 0.2) is 0 Å². The number of aliphatic hydroxyl groups excluding tert-OH is 1. The van der Waals surface area contributed by atoms with E-state index in [0.29, 0.717) is 12.6 Å². The number of hydrogen-bond donors (Lipinski definition) is 3. The summed E-state index contributed by atoms with van der Waals surface area (Å²) in [7, 11) is 0. The van der Waals surface area contributed by atoms with E-state index < -0.39 is 5.60 Å². The van der Waals surface area contributed by atoms with Crippen LogP contribution >= 0.6 is 0 Å². The van der Waals surface area contributed by atoms with Crippen LogP contribution in [0.2, 0.25) is 0 Å². The summed E-state index contributed by atoms with van der Waals surface area (Å²) >= 11 is 0. The monoisotopic (exact) mass is 173 g/mol. The van der Waals surface area contributed by atoms with Gasteiger partial charge in [0.05, 0.1) is 12.2 Å². The Bertz CT molecular complexity index is 143. The molecule has 0 bridgehead atoms.